The van der Waals surface area contributed by atoms with Gasteiger partial charge >= 0.3 is 5.97 Å². The summed E-state index contributed by atoms with van der Waals surface area (Å²) < 4.78 is 27.5. The van der Waals surface area contributed by atoms with Gasteiger partial charge in [-0.25, -0.2) is 14.8 Å². The van der Waals surface area contributed by atoms with Crippen LogP contribution in [0.3, 0.4) is 0 Å². The second-order valence-electron chi connectivity index (χ2n) is 11.4. The van der Waals surface area contributed by atoms with E-state index in [0.29, 0.717) is 47.5 Å². The highest BCUT2D eigenvalue weighted by Crippen LogP contribution is 2.36. The molecule has 4 heterocycles. The van der Waals surface area contributed by atoms with Crippen molar-refractivity contribution < 1.29 is 28.8 Å². The van der Waals surface area contributed by atoms with Gasteiger partial charge in [0.15, 0.2) is 0 Å². The molecule has 0 bridgehead atoms. The van der Waals surface area contributed by atoms with Crippen molar-refractivity contribution in [1.29, 1.82) is 0 Å². The van der Waals surface area contributed by atoms with Crippen molar-refractivity contribution in [3.05, 3.63) is 76.3 Å². The quantitative estimate of drug-likeness (QED) is 0.207. The maximum Gasteiger partial charge on any atom is 0.335 e. The number of carboxylic acids is 1. The number of ether oxygens (including phenoxy) is 4. The summed E-state index contributed by atoms with van der Waals surface area (Å²) in [5.41, 5.74) is 4.27. The number of aromatic nitrogens is 4. The van der Waals surface area contributed by atoms with E-state index in [1.165, 1.54) is 13.2 Å². The number of aromatic carboxylic acids is 1. The van der Waals surface area contributed by atoms with E-state index in [2.05, 4.69) is 27.0 Å². The van der Waals surface area contributed by atoms with Crippen LogP contribution in [0.25, 0.3) is 22.1 Å². The summed E-state index contributed by atoms with van der Waals surface area (Å²) in [6.07, 6.45) is 1.02. The maximum absolute atomic E-state index is 11.9. The summed E-state index contributed by atoms with van der Waals surface area (Å²) >= 11 is 6.14. The van der Waals surface area contributed by atoms with E-state index < -0.39 is 5.97 Å². The Morgan fingerprint density at radius 1 is 1.02 bits per heavy atom. The van der Waals surface area contributed by atoms with Crippen molar-refractivity contribution in [2.75, 3.05) is 27.4 Å². The average Bonchev–Trinajstić information content (AvgIpc) is 3.57. The van der Waals surface area contributed by atoms with Gasteiger partial charge in [-0.15, -0.1) is 0 Å². The summed E-state index contributed by atoms with van der Waals surface area (Å²) in [6, 6.07) is 14.7. The highest BCUT2D eigenvalue weighted by Gasteiger charge is 2.31. The number of hydrogen-bond donors (Lipinski definition) is 1. The van der Waals surface area contributed by atoms with Crippen molar-refractivity contribution in [2.24, 2.45) is 0 Å². The molecule has 12 heteroatoms. The van der Waals surface area contributed by atoms with Gasteiger partial charge in [0.05, 0.1) is 56.1 Å². The Hall–Kier alpha value is -4.32. The molecule has 234 valence electrons. The smallest absolute Gasteiger partial charge is 0.335 e. The molecule has 11 nitrogen and oxygen atoms in total. The van der Waals surface area contributed by atoms with Crippen LogP contribution in [-0.2, 0) is 31.0 Å². The number of nitrogens with zero attached hydrogens (tertiary/aromatic N) is 5. The van der Waals surface area contributed by atoms with Crippen molar-refractivity contribution in [2.45, 2.75) is 51.7 Å². The van der Waals surface area contributed by atoms with Gasteiger partial charge in [0, 0.05) is 30.3 Å². The molecule has 0 saturated carbocycles. The number of carboxylic acid groups (broad SMARTS) is 1. The van der Waals surface area contributed by atoms with Gasteiger partial charge in [-0.2, -0.15) is 0 Å². The Labute approximate surface area is 264 Å². The molecule has 0 amide bonds. The summed E-state index contributed by atoms with van der Waals surface area (Å²) in [6.45, 7) is 5.89. The number of para-hydroxylation sites is 1. The molecular formula is C33H34ClN5O6. The molecule has 45 heavy (non-hydrogen) atoms. The van der Waals surface area contributed by atoms with Crippen LogP contribution in [-0.4, -0.2) is 68.6 Å². The summed E-state index contributed by atoms with van der Waals surface area (Å²) in [5, 5.41) is 10.4. The third-order valence-corrected chi connectivity index (χ3v) is 9.06. The molecule has 2 aliphatic heterocycles. The number of carbonyl (C=O) groups is 1. The molecule has 2 aliphatic rings. The molecule has 1 saturated heterocycles. The fraction of sp³-hybridized carbons (Fsp3) is 0.364. The van der Waals surface area contributed by atoms with Gasteiger partial charge in [0.2, 0.25) is 0 Å². The van der Waals surface area contributed by atoms with Crippen molar-refractivity contribution in [1.82, 2.24) is 24.0 Å². The first kappa shape index (κ1) is 29.4. The summed E-state index contributed by atoms with van der Waals surface area (Å²) in [4.78, 5) is 24.3. The Morgan fingerprint density at radius 2 is 1.82 bits per heavy atom. The van der Waals surface area contributed by atoms with Crippen LogP contribution in [0.15, 0.2) is 48.5 Å². The zero-order valence-electron chi connectivity index (χ0n) is 25.3. The molecule has 7 rings (SSSR count). The van der Waals surface area contributed by atoms with E-state index in [4.69, 9.17) is 40.5 Å². The lowest BCUT2D eigenvalue weighted by molar-refractivity contribution is -0.0592. The first-order chi connectivity index (χ1) is 21.8. The number of imidazole rings is 2. The Kier molecular flexibility index (Phi) is 7.76. The van der Waals surface area contributed by atoms with Crippen molar-refractivity contribution in [3.63, 3.8) is 0 Å². The Bertz CT molecular complexity index is 1920. The van der Waals surface area contributed by atoms with Crippen molar-refractivity contribution in [3.8, 4) is 17.2 Å². The number of fused-ring (bicyclic) bond motifs is 4. The number of hydrogen-bond acceptors (Lipinski definition) is 8. The lowest BCUT2D eigenvalue weighted by Gasteiger charge is -2.34. The number of rotatable bonds is 10. The van der Waals surface area contributed by atoms with Gasteiger partial charge in [0.1, 0.15) is 46.5 Å². The molecule has 1 fully saturated rings. The third-order valence-electron chi connectivity index (χ3n) is 8.82. The average molecular weight is 632 g/mol. The molecule has 0 spiro atoms. The molecule has 0 aliphatic carbocycles. The van der Waals surface area contributed by atoms with Gasteiger partial charge in [-0.3, -0.25) is 4.90 Å². The van der Waals surface area contributed by atoms with E-state index in [0.717, 1.165) is 59.9 Å². The first-order valence-corrected chi connectivity index (χ1v) is 15.3. The lowest BCUT2D eigenvalue weighted by atomic mass is 10.1. The topological polar surface area (TPSA) is 113 Å². The van der Waals surface area contributed by atoms with Crippen molar-refractivity contribution >= 4 is 39.6 Å². The van der Waals surface area contributed by atoms with Gasteiger partial charge in [-0.05, 0) is 49.7 Å². The standard InChI is InChI=1S/C33H34ClN5O6/c1-19-32-36-30-24(5-4-6-26(30)45-18-20-7-8-22(34)15-27(20)42-2)38(32)11-10-37(19)17-29-35-31-25(39(29)16-23-9-12-44-23)13-21(33(40)41)14-28(31)43-3/h4-8,13-15,19,23H,9-12,16-18H2,1-3H3,(H,40,41)/t19-,23+/m1/s1. The van der Waals surface area contributed by atoms with E-state index in [9.17, 15) is 9.90 Å². The molecular weight excluding hydrogens is 598 g/mol. The first-order valence-electron chi connectivity index (χ1n) is 14.9. The van der Waals surface area contributed by atoms with E-state index >= 15 is 0 Å². The summed E-state index contributed by atoms with van der Waals surface area (Å²) in [7, 11) is 3.15. The lowest BCUT2D eigenvalue weighted by Crippen LogP contribution is -2.38. The van der Waals surface area contributed by atoms with Gasteiger partial charge < -0.3 is 33.2 Å². The van der Waals surface area contributed by atoms with E-state index in [-0.39, 0.29) is 17.7 Å². The fourth-order valence-corrected chi connectivity index (χ4v) is 6.42. The fourth-order valence-electron chi connectivity index (χ4n) is 6.26. The number of benzene rings is 3. The second-order valence-corrected chi connectivity index (χ2v) is 11.8. The molecule has 0 radical (unpaired) electrons. The van der Waals surface area contributed by atoms with Crippen LogP contribution < -0.4 is 14.2 Å². The number of halogens is 1. The van der Waals surface area contributed by atoms with Gasteiger partial charge in [-0.1, -0.05) is 23.7 Å². The monoisotopic (exact) mass is 631 g/mol. The highest BCUT2D eigenvalue weighted by molar-refractivity contribution is 6.30. The number of methoxy groups -OCH3 is 2. The molecule has 1 N–H and O–H groups in total. The molecule has 2 aromatic heterocycles. The van der Waals surface area contributed by atoms with Crippen LogP contribution in [0.5, 0.6) is 17.2 Å². The molecule has 3 aromatic carbocycles. The summed E-state index contributed by atoms with van der Waals surface area (Å²) in [5.74, 6) is 2.59. The predicted octanol–water partition coefficient (Wildman–Crippen LogP) is 5.70. The Morgan fingerprint density at radius 3 is 2.56 bits per heavy atom. The zero-order chi connectivity index (χ0) is 31.2. The van der Waals surface area contributed by atoms with Crippen LogP contribution in [0.1, 0.15) is 47.0 Å². The zero-order valence-corrected chi connectivity index (χ0v) is 26.1. The van der Waals surface area contributed by atoms with Crippen LogP contribution in [0.4, 0.5) is 0 Å². The van der Waals surface area contributed by atoms with E-state index in [1.54, 1.807) is 19.2 Å². The predicted molar refractivity (Wildman–Crippen MR) is 168 cm³/mol. The second kappa shape index (κ2) is 11.9. The molecule has 0 unspecified atom stereocenters. The highest BCUT2D eigenvalue weighted by atomic mass is 35.5. The largest absolute Gasteiger partial charge is 0.496 e. The third kappa shape index (κ3) is 5.34. The molecule has 5 aromatic rings. The molecule has 2 atom stereocenters. The van der Waals surface area contributed by atoms with Crippen LogP contribution in [0, 0.1) is 0 Å². The van der Waals surface area contributed by atoms with Crippen LogP contribution in [0.2, 0.25) is 5.02 Å². The maximum atomic E-state index is 11.9. The minimum Gasteiger partial charge on any atom is -0.496 e. The van der Waals surface area contributed by atoms with E-state index in [1.807, 2.05) is 24.3 Å². The van der Waals surface area contributed by atoms with Crippen LogP contribution >= 0.6 is 11.6 Å². The normalized spacial score (nSPS) is 18.1. The Balaban J connectivity index is 1.19. The minimum absolute atomic E-state index is 0.0138. The minimum atomic E-state index is -1.01. The SMILES string of the molecule is COc1cc(Cl)ccc1COc1cccc2c1nc1n2CCN(Cc2nc3c(OC)cc(C(=O)O)cc3n2C[C@@H]2CCO2)[C@@H]1C. The van der Waals surface area contributed by atoms with Gasteiger partial charge in [0.25, 0.3) is 0 Å².